The molecule has 0 aliphatic heterocycles. The molecule has 3 nitrogen and oxygen atoms in total. The summed E-state index contributed by atoms with van der Waals surface area (Å²) in [5, 5.41) is 2.66. The maximum atomic E-state index is 9.90. The van der Waals surface area contributed by atoms with E-state index in [2.05, 4.69) is 5.09 Å². The molecule has 0 aliphatic rings. The molecule has 0 aromatic heterocycles. The number of hydrogen-bond acceptors (Lipinski definition) is 3. The molecule has 9 heavy (non-hydrogen) atoms. The first-order valence-corrected chi connectivity index (χ1v) is 4.51. The van der Waals surface area contributed by atoms with E-state index in [0.717, 1.165) is 0 Å². The summed E-state index contributed by atoms with van der Waals surface area (Å²) in [7, 11) is -0.0345. The van der Waals surface area contributed by atoms with Crippen LogP contribution in [0.1, 0.15) is 6.92 Å². The van der Waals surface area contributed by atoms with Gasteiger partial charge >= 0.3 is 0 Å². The van der Waals surface area contributed by atoms with Crippen molar-refractivity contribution in [2.45, 2.75) is 13.0 Å². The Bertz CT molecular complexity index is 83.0. The molecular weight excluding hydrogens is 157 g/mol. The molecular formula is C4H10NO2PS. The Balaban J connectivity index is 3.04. The average Bonchev–Trinajstić information content (AvgIpc) is 1.85. The Morgan fingerprint density at radius 1 is 1.89 bits per heavy atom. The summed E-state index contributed by atoms with van der Waals surface area (Å²) in [4.78, 5) is 0. The first-order chi connectivity index (χ1) is 4.31. The van der Waals surface area contributed by atoms with Crippen LogP contribution in [0.25, 0.3) is 0 Å². The van der Waals surface area contributed by atoms with Crippen LogP contribution in [0.5, 0.6) is 0 Å². The van der Waals surface area contributed by atoms with Gasteiger partial charge in [0.05, 0.1) is 6.61 Å². The van der Waals surface area contributed by atoms with Crippen molar-refractivity contribution in [3.05, 3.63) is 0 Å². The molecule has 0 aromatic rings. The Kier molecular flexibility index (Phi) is 6.76. The lowest BCUT2D eigenvalue weighted by atomic mass is 10.4. The molecule has 0 fully saturated rings. The van der Waals surface area contributed by atoms with E-state index < -0.39 is 0 Å². The second kappa shape index (κ2) is 6.49. The van der Waals surface area contributed by atoms with Crippen LogP contribution >= 0.6 is 20.7 Å². The predicted octanol–water partition coefficient (Wildman–Crippen LogP) is 1.47. The zero-order valence-electron chi connectivity index (χ0n) is 5.46. The Hall–Kier alpha value is 0.370. The minimum absolute atomic E-state index is 0.0345. The van der Waals surface area contributed by atoms with Crippen LogP contribution in [0, 0.1) is 0 Å². The molecule has 0 bridgehead atoms. The largest absolute Gasteiger partial charge is 0.314 e. The van der Waals surface area contributed by atoms with Crippen molar-refractivity contribution in [3.8, 4) is 0 Å². The standard InChI is InChI=1S/C4H10NO2PS/c1-4(5-8-6)3-7-9-2/h4H,3H2,1-2H3,(H,5,6). The van der Waals surface area contributed by atoms with Gasteiger partial charge in [-0.1, -0.05) is 0 Å². The van der Waals surface area contributed by atoms with Gasteiger partial charge < -0.3 is 4.18 Å². The molecule has 5 heteroatoms. The molecule has 54 valence electrons. The predicted molar refractivity (Wildman–Crippen MR) is 39.7 cm³/mol. The van der Waals surface area contributed by atoms with Crippen LogP contribution in [0.2, 0.25) is 0 Å². The lowest BCUT2D eigenvalue weighted by Crippen LogP contribution is -2.21. The fourth-order valence-corrected chi connectivity index (χ4v) is 0.892. The summed E-state index contributed by atoms with van der Waals surface area (Å²) < 4.78 is 14.9. The molecule has 1 unspecified atom stereocenters. The van der Waals surface area contributed by atoms with Gasteiger partial charge in [-0.2, -0.15) is 0 Å². The van der Waals surface area contributed by atoms with E-state index in [1.54, 1.807) is 0 Å². The third-order valence-corrected chi connectivity index (χ3v) is 1.63. The Labute approximate surface area is 61.0 Å². The van der Waals surface area contributed by atoms with Gasteiger partial charge in [-0.25, -0.2) is 5.09 Å². The van der Waals surface area contributed by atoms with Gasteiger partial charge in [0.2, 0.25) is 8.61 Å². The smallest absolute Gasteiger partial charge is 0.246 e. The molecule has 0 aliphatic carbocycles. The van der Waals surface area contributed by atoms with Crippen molar-refractivity contribution < 1.29 is 8.75 Å². The van der Waals surface area contributed by atoms with Gasteiger partial charge in [0.25, 0.3) is 0 Å². The molecule has 0 aromatic carbocycles. The summed E-state index contributed by atoms with van der Waals surface area (Å²) in [5.41, 5.74) is 0. The average molecular weight is 167 g/mol. The summed E-state index contributed by atoms with van der Waals surface area (Å²) in [6, 6.07) is 0.150. The topological polar surface area (TPSA) is 38.3 Å². The lowest BCUT2D eigenvalue weighted by Gasteiger charge is -2.05. The molecule has 0 rings (SSSR count). The van der Waals surface area contributed by atoms with Crippen molar-refractivity contribution in [3.63, 3.8) is 0 Å². The van der Waals surface area contributed by atoms with Gasteiger partial charge in [0.15, 0.2) is 0 Å². The zero-order valence-corrected chi connectivity index (χ0v) is 7.17. The lowest BCUT2D eigenvalue weighted by molar-refractivity contribution is 0.337. The van der Waals surface area contributed by atoms with E-state index >= 15 is 0 Å². The normalized spacial score (nSPS) is 14.0. The first kappa shape index (κ1) is 9.37. The van der Waals surface area contributed by atoms with Crippen LogP contribution in [-0.2, 0) is 8.75 Å². The quantitative estimate of drug-likeness (QED) is 0.497. The fraction of sp³-hybridized carbons (Fsp3) is 1.00. The van der Waals surface area contributed by atoms with Gasteiger partial charge in [0, 0.05) is 12.3 Å². The Morgan fingerprint density at radius 2 is 2.56 bits per heavy atom. The van der Waals surface area contributed by atoms with Crippen LogP contribution < -0.4 is 5.09 Å². The molecule has 1 atom stereocenters. The second-order valence-electron chi connectivity index (χ2n) is 1.57. The van der Waals surface area contributed by atoms with Gasteiger partial charge in [-0.15, -0.1) is 0 Å². The highest BCUT2D eigenvalue weighted by molar-refractivity contribution is 7.93. The molecule has 0 saturated heterocycles. The van der Waals surface area contributed by atoms with Crippen LogP contribution in [0.3, 0.4) is 0 Å². The highest BCUT2D eigenvalue weighted by atomic mass is 32.2. The van der Waals surface area contributed by atoms with Gasteiger partial charge in [0.1, 0.15) is 0 Å². The minimum atomic E-state index is -0.0345. The van der Waals surface area contributed by atoms with Crippen molar-refractivity contribution in [2.24, 2.45) is 0 Å². The number of rotatable bonds is 5. The summed E-state index contributed by atoms with van der Waals surface area (Å²) >= 11 is 1.31. The molecule has 0 spiro atoms. The highest BCUT2D eigenvalue weighted by Crippen LogP contribution is 1.97. The number of nitrogens with one attached hydrogen (secondary N) is 1. The maximum absolute atomic E-state index is 9.90. The summed E-state index contributed by atoms with van der Waals surface area (Å²) in [5.74, 6) is 0. The third-order valence-electron chi connectivity index (χ3n) is 0.709. The number of hydrogen-bond donors (Lipinski definition) is 1. The SMILES string of the molecule is CSOCC(C)NP=O. The van der Waals surface area contributed by atoms with E-state index in [9.17, 15) is 4.57 Å². The monoisotopic (exact) mass is 167 g/mol. The van der Waals surface area contributed by atoms with Gasteiger partial charge in [-0.05, 0) is 19.0 Å². The molecule has 0 amide bonds. The van der Waals surface area contributed by atoms with E-state index in [1.807, 2.05) is 13.2 Å². The van der Waals surface area contributed by atoms with E-state index in [-0.39, 0.29) is 14.7 Å². The maximum Gasteiger partial charge on any atom is 0.246 e. The van der Waals surface area contributed by atoms with Gasteiger partial charge in [-0.3, -0.25) is 4.57 Å². The van der Waals surface area contributed by atoms with Crippen molar-refractivity contribution in [2.75, 3.05) is 12.9 Å². The zero-order chi connectivity index (χ0) is 7.11. The summed E-state index contributed by atoms with van der Waals surface area (Å²) in [6.07, 6.45) is 1.85. The molecule has 1 N–H and O–H groups in total. The highest BCUT2D eigenvalue weighted by Gasteiger charge is 1.98. The van der Waals surface area contributed by atoms with Crippen molar-refractivity contribution in [1.29, 1.82) is 0 Å². The van der Waals surface area contributed by atoms with Crippen LogP contribution in [0.15, 0.2) is 0 Å². The van der Waals surface area contributed by atoms with Crippen LogP contribution in [0.4, 0.5) is 0 Å². The van der Waals surface area contributed by atoms with E-state index in [4.69, 9.17) is 4.18 Å². The summed E-state index contributed by atoms with van der Waals surface area (Å²) in [6.45, 7) is 2.48. The van der Waals surface area contributed by atoms with Crippen LogP contribution in [-0.4, -0.2) is 18.9 Å². The Morgan fingerprint density at radius 3 is 3.00 bits per heavy atom. The van der Waals surface area contributed by atoms with E-state index in [0.29, 0.717) is 6.61 Å². The second-order valence-corrected chi connectivity index (χ2v) is 2.58. The molecule has 0 saturated carbocycles. The van der Waals surface area contributed by atoms with Crippen molar-refractivity contribution in [1.82, 2.24) is 5.09 Å². The van der Waals surface area contributed by atoms with Crippen molar-refractivity contribution >= 4 is 20.7 Å². The third kappa shape index (κ3) is 6.25. The fourth-order valence-electron chi connectivity index (χ4n) is 0.297. The molecule has 0 radical (unpaired) electrons. The molecule has 0 heterocycles. The van der Waals surface area contributed by atoms with E-state index in [1.165, 1.54) is 12.0 Å². The first-order valence-electron chi connectivity index (χ1n) is 2.54. The minimum Gasteiger partial charge on any atom is -0.314 e.